The first-order chi connectivity index (χ1) is 8.46. The molecule has 0 amide bonds. The van der Waals surface area contributed by atoms with E-state index in [1.807, 2.05) is 0 Å². The summed E-state index contributed by atoms with van der Waals surface area (Å²) >= 11 is 0. The molecule has 0 spiro atoms. The zero-order valence-corrected chi connectivity index (χ0v) is 12.0. The van der Waals surface area contributed by atoms with Gasteiger partial charge in [0.05, 0.1) is 0 Å². The van der Waals surface area contributed by atoms with Crippen LogP contribution in [0.25, 0.3) is 0 Å². The number of nitrogens with zero attached hydrogens (tertiary/aromatic N) is 1. The van der Waals surface area contributed by atoms with Gasteiger partial charge < -0.3 is 9.57 Å². The minimum atomic E-state index is -1.01. The predicted octanol–water partition coefficient (Wildman–Crippen LogP) is 2.91. The number of carbonyl (C=O) groups is 1. The minimum absolute atomic E-state index is 0.383. The van der Waals surface area contributed by atoms with E-state index in [2.05, 4.69) is 23.9 Å². The molecule has 0 saturated carbocycles. The van der Waals surface area contributed by atoms with Crippen LogP contribution >= 0.6 is 0 Å². The van der Waals surface area contributed by atoms with Crippen molar-refractivity contribution >= 4 is 11.7 Å². The van der Waals surface area contributed by atoms with E-state index < -0.39 is 5.60 Å². The van der Waals surface area contributed by atoms with Crippen molar-refractivity contribution in [2.24, 2.45) is 5.16 Å². The Hall–Kier alpha value is -1.50. The average molecular weight is 253 g/mol. The Labute approximate surface area is 110 Å². The van der Waals surface area contributed by atoms with Crippen LogP contribution in [0.4, 0.5) is 0 Å². The molecule has 0 bridgehead atoms. The van der Waals surface area contributed by atoms with Crippen molar-refractivity contribution in [2.75, 3.05) is 7.11 Å². The Kier molecular flexibility index (Phi) is 7.86. The normalized spacial score (nSPS) is 14.2. The molecule has 0 N–H and O–H groups in total. The van der Waals surface area contributed by atoms with Crippen LogP contribution in [0.15, 0.2) is 5.16 Å². The first-order valence-electron chi connectivity index (χ1n) is 6.24. The van der Waals surface area contributed by atoms with Gasteiger partial charge in [-0.05, 0) is 26.2 Å². The summed E-state index contributed by atoms with van der Waals surface area (Å²) in [5.74, 6) is 5.63. The lowest BCUT2D eigenvalue weighted by molar-refractivity contribution is -0.146. The Balaban J connectivity index is 4.76. The maximum atomic E-state index is 11.1. The largest absolute Gasteiger partial charge is 0.440 e. The van der Waals surface area contributed by atoms with Gasteiger partial charge in [-0.1, -0.05) is 30.8 Å². The molecule has 0 aromatic carbocycles. The standard InChI is InChI=1S/C14H23NO3/c1-6-7-8-9-10-11-14(4,18-13(3)16)12(2)15-17-5/h6-9H2,1-5H3/b15-12+. The third-order valence-electron chi connectivity index (χ3n) is 2.50. The third-order valence-corrected chi connectivity index (χ3v) is 2.50. The lowest BCUT2D eigenvalue weighted by Crippen LogP contribution is -2.37. The minimum Gasteiger partial charge on any atom is -0.440 e. The molecule has 0 saturated heterocycles. The topological polar surface area (TPSA) is 47.9 Å². The van der Waals surface area contributed by atoms with Crippen LogP contribution in [-0.4, -0.2) is 24.4 Å². The maximum absolute atomic E-state index is 11.1. The Morgan fingerprint density at radius 2 is 2.00 bits per heavy atom. The molecule has 1 atom stereocenters. The van der Waals surface area contributed by atoms with E-state index in [-0.39, 0.29) is 5.97 Å². The van der Waals surface area contributed by atoms with Gasteiger partial charge in [0.25, 0.3) is 0 Å². The summed E-state index contributed by atoms with van der Waals surface area (Å²) < 4.78 is 5.24. The van der Waals surface area contributed by atoms with Gasteiger partial charge in [-0.2, -0.15) is 0 Å². The number of rotatable bonds is 6. The first-order valence-corrected chi connectivity index (χ1v) is 6.24. The molecule has 0 aliphatic heterocycles. The second kappa shape index (κ2) is 8.57. The summed E-state index contributed by atoms with van der Waals surface area (Å²) in [6, 6.07) is 0. The molecule has 0 fully saturated rings. The number of esters is 1. The lowest BCUT2D eigenvalue weighted by atomic mass is 10.0. The molecular weight excluding hydrogens is 230 g/mol. The monoisotopic (exact) mass is 253 g/mol. The molecule has 102 valence electrons. The summed E-state index contributed by atoms with van der Waals surface area (Å²) in [7, 11) is 1.45. The smallest absolute Gasteiger partial charge is 0.304 e. The molecule has 0 aromatic rings. The zero-order chi connectivity index (χ0) is 14.0. The highest BCUT2D eigenvalue weighted by molar-refractivity contribution is 5.94. The van der Waals surface area contributed by atoms with Crippen molar-refractivity contribution in [3.05, 3.63) is 0 Å². The fourth-order valence-electron chi connectivity index (χ4n) is 1.40. The fraction of sp³-hybridized carbons (Fsp3) is 0.714. The number of hydrogen-bond donors (Lipinski definition) is 0. The Morgan fingerprint density at radius 3 is 2.50 bits per heavy atom. The van der Waals surface area contributed by atoms with Crippen molar-refractivity contribution in [2.45, 2.75) is 59.0 Å². The van der Waals surface area contributed by atoms with Crippen LogP contribution in [0.5, 0.6) is 0 Å². The Bertz CT molecular complexity index is 352. The number of ether oxygens (including phenoxy) is 1. The molecule has 0 aromatic heterocycles. The highest BCUT2D eigenvalue weighted by Gasteiger charge is 2.29. The van der Waals surface area contributed by atoms with Gasteiger partial charge in [-0.25, -0.2) is 0 Å². The van der Waals surface area contributed by atoms with Gasteiger partial charge in [0.15, 0.2) is 0 Å². The van der Waals surface area contributed by atoms with E-state index in [1.54, 1.807) is 13.8 Å². The first kappa shape index (κ1) is 16.5. The van der Waals surface area contributed by atoms with Crippen molar-refractivity contribution in [3.63, 3.8) is 0 Å². The maximum Gasteiger partial charge on any atom is 0.304 e. The summed E-state index contributed by atoms with van der Waals surface area (Å²) in [4.78, 5) is 15.8. The van der Waals surface area contributed by atoms with Crippen LogP contribution in [0.2, 0.25) is 0 Å². The summed E-state index contributed by atoms with van der Waals surface area (Å²) in [6.07, 6.45) is 4.17. The van der Waals surface area contributed by atoms with Crippen molar-refractivity contribution in [1.82, 2.24) is 0 Å². The molecule has 0 rings (SSSR count). The highest BCUT2D eigenvalue weighted by Crippen LogP contribution is 2.13. The number of unbranched alkanes of at least 4 members (excludes halogenated alkanes) is 3. The molecular formula is C14H23NO3. The van der Waals surface area contributed by atoms with Crippen molar-refractivity contribution in [3.8, 4) is 11.8 Å². The second-order valence-electron chi connectivity index (χ2n) is 4.25. The molecule has 0 aliphatic carbocycles. The van der Waals surface area contributed by atoms with E-state index in [0.29, 0.717) is 5.71 Å². The molecule has 18 heavy (non-hydrogen) atoms. The van der Waals surface area contributed by atoms with E-state index in [9.17, 15) is 4.79 Å². The molecule has 0 aliphatic rings. The molecule has 4 nitrogen and oxygen atoms in total. The number of carbonyl (C=O) groups excluding carboxylic acids is 1. The quantitative estimate of drug-likeness (QED) is 0.240. The van der Waals surface area contributed by atoms with Gasteiger partial charge >= 0.3 is 5.97 Å². The van der Waals surface area contributed by atoms with Gasteiger partial charge in [0.1, 0.15) is 12.8 Å². The molecule has 4 heteroatoms. The van der Waals surface area contributed by atoms with Gasteiger partial charge in [-0.15, -0.1) is 0 Å². The Morgan fingerprint density at radius 1 is 1.33 bits per heavy atom. The highest BCUT2D eigenvalue weighted by atomic mass is 16.6. The number of hydrogen-bond acceptors (Lipinski definition) is 4. The number of oxime groups is 1. The zero-order valence-electron chi connectivity index (χ0n) is 12.0. The van der Waals surface area contributed by atoms with Crippen LogP contribution in [0.1, 0.15) is 53.4 Å². The SMILES string of the molecule is CCCCCC#CC(C)(OC(C)=O)/C(C)=N/OC. The summed E-state index contributed by atoms with van der Waals surface area (Å²) in [5, 5.41) is 3.80. The van der Waals surface area contributed by atoms with E-state index in [0.717, 1.165) is 25.7 Å². The third kappa shape index (κ3) is 6.29. The van der Waals surface area contributed by atoms with E-state index >= 15 is 0 Å². The van der Waals surface area contributed by atoms with Crippen LogP contribution in [0.3, 0.4) is 0 Å². The van der Waals surface area contributed by atoms with Gasteiger partial charge in [-0.3, -0.25) is 4.79 Å². The second-order valence-corrected chi connectivity index (χ2v) is 4.25. The van der Waals surface area contributed by atoms with Crippen LogP contribution in [-0.2, 0) is 14.4 Å². The van der Waals surface area contributed by atoms with Crippen LogP contribution < -0.4 is 0 Å². The fourth-order valence-corrected chi connectivity index (χ4v) is 1.40. The van der Waals surface area contributed by atoms with Crippen molar-refractivity contribution < 1.29 is 14.4 Å². The molecule has 1 unspecified atom stereocenters. The van der Waals surface area contributed by atoms with Gasteiger partial charge in [0, 0.05) is 13.3 Å². The van der Waals surface area contributed by atoms with E-state index in [4.69, 9.17) is 9.57 Å². The summed E-state index contributed by atoms with van der Waals surface area (Å²) in [5.41, 5.74) is -0.475. The van der Waals surface area contributed by atoms with Gasteiger partial charge in [0.2, 0.25) is 5.60 Å². The molecule has 0 radical (unpaired) electrons. The van der Waals surface area contributed by atoms with Crippen molar-refractivity contribution in [1.29, 1.82) is 0 Å². The summed E-state index contributed by atoms with van der Waals surface area (Å²) in [6.45, 7) is 6.95. The average Bonchev–Trinajstić information content (AvgIpc) is 2.28. The van der Waals surface area contributed by atoms with Crippen LogP contribution in [0, 0.1) is 11.8 Å². The van der Waals surface area contributed by atoms with E-state index in [1.165, 1.54) is 14.0 Å². The lowest BCUT2D eigenvalue weighted by Gasteiger charge is -2.22. The predicted molar refractivity (Wildman–Crippen MR) is 72.2 cm³/mol. The molecule has 0 heterocycles.